The Morgan fingerprint density at radius 2 is 1.32 bits per heavy atom. The Hall–Kier alpha value is -2.10. The number of likely N-dealkylation sites (N-methyl/N-ethyl adjacent to an activating group) is 1. The van der Waals surface area contributed by atoms with Gasteiger partial charge in [-0.25, -0.2) is 0 Å². The zero-order valence-electron chi connectivity index (χ0n) is 14.8. The average Bonchev–Trinajstić information content (AvgIpc) is 2.79. The lowest BCUT2D eigenvalue weighted by Crippen LogP contribution is -3.11. The Bertz CT molecular complexity index is 830. The Morgan fingerprint density at radius 1 is 0.800 bits per heavy atom. The van der Waals surface area contributed by atoms with Gasteiger partial charge in [-0.05, 0) is 24.6 Å². The van der Waals surface area contributed by atoms with Crippen LogP contribution in [0.25, 0.3) is 21.5 Å². The number of nitrogens with one attached hydrogen (secondary N) is 1. The first kappa shape index (κ1) is 19.2. The Balaban J connectivity index is 0.00000225. The summed E-state index contributed by atoms with van der Waals surface area (Å²) in [5, 5.41) is 10.0. The molecular weight excluding hydrogens is 332 g/mol. The summed E-state index contributed by atoms with van der Waals surface area (Å²) in [6.45, 7) is 8.25. The van der Waals surface area contributed by atoms with Crippen molar-refractivity contribution in [3.05, 3.63) is 66.0 Å². The predicted octanol–water partition coefficient (Wildman–Crippen LogP) is -0.246. The number of hydrogen-bond acceptors (Lipinski definition) is 2. The summed E-state index contributed by atoms with van der Waals surface area (Å²) >= 11 is 0. The van der Waals surface area contributed by atoms with E-state index >= 15 is 0 Å². The quantitative estimate of drug-likeness (QED) is 0.478. The van der Waals surface area contributed by atoms with Crippen LogP contribution in [0, 0.1) is 0 Å². The second kappa shape index (κ2) is 9.40. The highest BCUT2D eigenvalue weighted by Gasteiger charge is 2.03. The third-order valence-electron chi connectivity index (χ3n) is 4.58. The summed E-state index contributed by atoms with van der Waals surface area (Å²) < 4.78 is 0. The highest BCUT2D eigenvalue weighted by Crippen LogP contribution is 2.15. The highest BCUT2D eigenvalue weighted by molar-refractivity contribution is 5.92. The maximum atomic E-state index is 5.72. The fourth-order valence-electron chi connectivity index (χ4n) is 3.04. The predicted molar refractivity (Wildman–Crippen MR) is 99.9 cm³/mol. The minimum Gasteiger partial charge on any atom is -1.00 e. The molecule has 3 nitrogen and oxygen atoms in total. The van der Waals surface area contributed by atoms with Crippen LogP contribution in [-0.4, -0.2) is 26.2 Å². The van der Waals surface area contributed by atoms with Crippen molar-refractivity contribution in [3.8, 4) is 0 Å². The van der Waals surface area contributed by atoms with Crippen LogP contribution >= 0.6 is 0 Å². The van der Waals surface area contributed by atoms with Gasteiger partial charge in [0.1, 0.15) is 11.9 Å². The molecule has 3 aromatic carbocycles. The molecule has 0 aliphatic heterocycles. The van der Waals surface area contributed by atoms with Crippen molar-refractivity contribution in [2.45, 2.75) is 13.8 Å². The van der Waals surface area contributed by atoms with Crippen molar-refractivity contribution in [2.24, 2.45) is 5.16 Å². The molecule has 0 radical (unpaired) electrons. The number of hydrogen-bond donors (Lipinski definition) is 1. The monoisotopic (exact) mass is 356 g/mol. The Labute approximate surface area is 155 Å². The summed E-state index contributed by atoms with van der Waals surface area (Å²) in [4.78, 5) is 7.24. The van der Waals surface area contributed by atoms with Gasteiger partial charge in [-0.2, -0.15) is 0 Å². The fraction of sp³-hybridized carbons (Fsp3) is 0.286. The van der Waals surface area contributed by atoms with Gasteiger partial charge in [0.2, 0.25) is 0 Å². The van der Waals surface area contributed by atoms with E-state index in [1.54, 1.807) is 0 Å². The normalized spacial score (nSPS) is 10.7. The molecule has 0 aromatic heterocycles. The zero-order chi connectivity index (χ0) is 16.8. The third kappa shape index (κ3) is 4.50. The van der Waals surface area contributed by atoms with E-state index in [2.05, 4.69) is 79.7 Å². The molecule has 0 aliphatic rings. The first-order chi connectivity index (χ1) is 11.8. The van der Waals surface area contributed by atoms with E-state index in [-0.39, 0.29) is 12.4 Å². The maximum absolute atomic E-state index is 5.72. The van der Waals surface area contributed by atoms with Crippen LogP contribution in [0.4, 0.5) is 0 Å². The number of quaternary nitrogens is 1. The van der Waals surface area contributed by atoms with Gasteiger partial charge in [-0.1, -0.05) is 65.8 Å². The highest BCUT2D eigenvalue weighted by atomic mass is 35.5. The smallest absolute Gasteiger partial charge is 0.165 e. The van der Waals surface area contributed by atoms with E-state index in [0.717, 1.165) is 35.8 Å². The lowest BCUT2D eigenvalue weighted by molar-refractivity contribution is -0.896. The fourth-order valence-corrected chi connectivity index (χ4v) is 3.04. The molecule has 0 heterocycles. The summed E-state index contributed by atoms with van der Waals surface area (Å²) in [5.41, 5.74) is 0. The van der Waals surface area contributed by atoms with Crippen molar-refractivity contribution in [2.75, 3.05) is 26.2 Å². The largest absolute Gasteiger partial charge is 1.00 e. The molecule has 0 saturated carbocycles. The van der Waals surface area contributed by atoms with Gasteiger partial charge < -0.3 is 22.1 Å². The number of fused-ring (bicyclic) bond motifs is 2. The molecular formula is C21H25ClN2O. The molecule has 0 aliphatic carbocycles. The molecule has 0 fully saturated rings. The van der Waals surface area contributed by atoms with Crippen molar-refractivity contribution < 1.29 is 22.1 Å². The summed E-state index contributed by atoms with van der Waals surface area (Å²) in [5.74, 6) is 0. The number of benzene rings is 2. The first-order valence-corrected chi connectivity index (χ1v) is 8.74. The zero-order valence-corrected chi connectivity index (χ0v) is 15.6. The van der Waals surface area contributed by atoms with Gasteiger partial charge in [-0.15, -0.1) is 0 Å². The van der Waals surface area contributed by atoms with Gasteiger partial charge >= 0.3 is 0 Å². The van der Waals surface area contributed by atoms with Gasteiger partial charge in [0.15, 0.2) is 6.61 Å². The molecule has 3 aromatic rings. The van der Waals surface area contributed by atoms with Crippen molar-refractivity contribution >= 4 is 21.5 Å². The van der Waals surface area contributed by atoms with Gasteiger partial charge in [0.05, 0.1) is 13.1 Å². The molecule has 0 unspecified atom stereocenters. The molecule has 3 rings (SSSR count). The minimum atomic E-state index is 0. The molecule has 0 atom stereocenters. The molecule has 132 valence electrons. The lowest BCUT2D eigenvalue weighted by Gasteiger charge is -2.13. The van der Waals surface area contributed by atoms with Crippen molar-refractivity contribution in [1.82, 2.24) is 0 Å². The summed E-state index contributed by atoms with van der Waals surface area (Å²) in [7, 11) is 0. The number of halogens is 1. The maximum Gasteiger partial charge on any atom is 0.165 e. The van der Waals surface area contributed by atoms with Crippen LogP contribution in [0.1, 0.15) is 13.8 Å². The second-order valence-electron chi connectivity index (χ2n) is 5.99. The van der Waals surface area contributed by atoms with Crippen LogP contribution in [0.5, 0.6) is 0 Å². The summed E-state index contributed by atoms with van der Waals surface area (Å²) in [6.07, 6.45) is 0. The molecule has 0 amide bonds. The average molecular weight is 357 g/mol. The molecule has 4 heteroatoms. The van der Waals surface area contributed by atoms with E-state index in [1.165, 1.54) is 15.7 Å². The topological polar surface area (TPSA) is 26.0 Å². The standard InChI is InChI=1S/C21H24N2O.ClH/c1-3-23(4-2)15-16-24-22-21-19-11-7-5-9-17(19)13-14-18-10-6-8-12-20(18)21;/h5-14H,3-4,15-16H2,1-2H3;1H. The number of nitrogens with zero attached hydrogens (tertiary/aromatic N) is 1. The van der Waals surface area contributed by atoms with Crippen molar-refractivity contribution in [1.29, 1.82) is 0 Å². The SMILES string of the molecule is CC[NH+](CC)CCON=c1c2ccccc2ccc2ccccc12.[Cl-]. The number of rotatable bonds is 6. The van der Waals surface area contributed by atoms with Gasteiger partial charge in [-0.3, -0.25) is 0 Å². The molecule has 25 heavy (non-hydrogen) atoms. The van der Waals surface area contributed by atoms with E-state index in [1.807, 2.05) is 0 Å². The van der Waals surface area contributed by atoms with Crippen molar-refractivity contribution in [3.63, 3.8) is 0 Å². The van der Waals surface area contributed by atoms with Crippen LogP contribution in [0.2, 0.25) is 0 Å². The van der Waals surface area contributed by atoms with E-state index in [4.69, 9.17) is 4.84 Å². The third-order valence-corrected chi connectivity index (χ3v) is 4.58. The molecule has 0 spiro atoms. The van der Waals surface area contributed by atoms with E-state index in [0.29, 0.717) is 6.61 Å². The van der Waals surface area contributed by atoms with Gasteiger partial charge in [0, 0.05) is 10.8 Å². The van der Waals surface area contributed by atoms with Gasteiger partial charge in [0.25, 0.3) is 0 Å². The van der Waals surface area contributed by atoms with E-state index in [9.17, 15) is 0 Å². The second-order valence-corrected chi connectivity index (χ2v) is 5.99. The Kier molecular flexibility index (Phi) is 7.23. The Morgan fingerprint density at radius 3 is 1.84 bits per heavy atom. The summed E-state index contributed by atoms with van der Waals surface area (Å²) in [6, 6.07) is 21.0. The molecule has 0 saturated heterocycles. The first-order valence-electron chi connectivity index (χ1n) is 8.74. The van der Waals surface area contributed by atoms with Crippen LogP contribution in [0.3, 0.4) is 0 Å². The van der Waals surface area contributed by atoms with Crippen LogP contribution in [-0.2, 0) is 4.84 Å². The van der Waals surface area contributed by atoms with Crippen LogP contribution in [0.15, 0.2) is 65.8 Å². The molecule has 0 bridgehead atoms. The minimum absolute atomic E-state index is 0. The lowest BCUT2D eigenvalue weighted by atomic mass is 10.1. The van der Waals surface area contributed by atoms with Crippen LogP contribution < -0.4 is 22.7 Å². The molecule has 1 N–H and O–H groups in total. The van der Waals surface area contributed by atoms with E-state index < -0.39 is 0 Å².